The minimum atomic E-state index is 0.0943. The van der Waals surface area contributed by atoms with E-state index in [-0.39, 0.29) is 12.0 Å². The second kappa shape index (κ2) is 8.62. The van der Waals surface area contributed by atoms with Crippen molar-refractivity contribution in [2.45, 2.75) is 44.9 Å². The predicted octanol–water partition coefficient (Wildman–Crippen LogP) is 2.90. The monoisotopic (exact) mass is 327 g/mol. The summed E-state index contributed by atoms with van der Waals surface area (Å²) in [5.41, 5.74) is 1.37. The van der Waals surface area contributed by atoms with Crippen LogP contribution < -0.4 is 0 Å². The molecule has 1 saturated carbocycles. The van der Waals surface area contributed by atoms with E-state index in [1.54, 1.807) is 0 Å². The van der Waals surface area contributed by atoms with Crippen LogP contribution in [-0.2, 0) is 11.3 Å². The number of hydrogen-bond donors (Lipinski definition) is 0. The molecule has 1 saturated heterocycles. The van der Waals surface area contributed by atoms with Crippen molar-refractivity contribution in [1.29, 1.82) is 5.26 Å². The van der Waals surface area contributed by atoms with Gasteiger partial charge < -0.3 is 4.74 Å². The number of hydrogen-bond acceptors (Lipinski definition) is 4. The van der Waals surface area contributed by atoms with Gasteiger partial charge in [0, 0.05) is 45.4 Å². The lowest BCUT2D eigenvalue weighted by atomic mass is 10.1. The minimum absolute atomic E-state index is 0.0943. The fourth-order valence-electron chi connectivity index (χ4n) is 3.53. The first-order chi connectivity index (χ1) is 11.7. The third-order valence-corrected chi connectivity index (χ3v) is 4.91. The molecule has 1 aromatic carbocycles. The van der Waals surface area contributed by atoms with Crippen molar-refractivity contribution in [3.63, 3.8) is 0 Å². The van der Waals surface area contributed by atoms with Crippen molar-refractivity contribution in [2.75, 3.05) is 32.8 Å². The first-order valence-corrected chi connectivity index (χ1v) is 9.26. The normalized spacial score (nSPS) is 23.6. The van der Waals surface area contributed by atoms with E-state index < -0.39 is 0 Å². The first kappa shape index (κ1) is 17.4. The summed E-state index contributed by atoms with van der Waals surface area (Å²) >= 11 is 0. The van der Waals surface area contributed by atoms with Crippen molar-refractivity contribution < 1.29 is 4.74 Å². The molecule has 2 unspecified atom stereocenters. The zero-order valence-electron chi connectivity index (χ0n) is 14.7. The summed E-state index contributed by atoms with van der Waals surface area (Å²) in [6.07, 6.45) is 3.90. The van der Waals surface area contributed by atoms with E-state index in [4.69, 9.17) is 10.00 Å². The van der Waals surface area contributed by atoms with Crippen molar-refractivity contribution in [3.05, 3.63) is 35.9 Å². The number of nitriles is 1. The maximum Gasteiger partial charge on any atom is 0.0828 e. The second-order valence-electron chi connectivity index (χ2n) is 7.28. The molecule has 130 valence electrons. The standard InChI is InChI=1S/C20H29N3O/c1-17(12-21)13-23(19-8-9-19)16-20-15-22(10-5-11-24-20)14-18-6-3-2-4-7-18/h2-4,6-7,17,19-20H,5,8-11,13-16H2,1H3. The molecule has 4 nitrogen and oxygen atoms in total. The summed E-state index contributed by atoms with van der Waals surface area (Å²) in [6, 6.07) is 13.7. The Labute approximate surface area is 146 Å². The van der Waals surface area contributed by atoms with E-state index in [9.17, 15) is 0 Å². The molecule has 2 aliphatic rings. The molecule has 0 spiro atoms. The van der Waals surface area contributed by atoms with Crippen LogP contribution in [-0.4, -0.2) is 54.7 Å². The molecule has 1 aliphatic carbocycles. The Kier molecular flexibility index (Phi) is 6.25. The lowest BCUT2D eigenvalue weighted by molar-refractivity contribution is 0.0220. The third kappa shape index (κ3) is 5.31. The Morgan fingerprint density at radius 1 is 1.33 bits per heavy atom. The van der Waals surface area contributed by atoms with Gasteiger partial charge in [-0.1, -0.05) is 30.3 Å². The molecule has 0 N–H and O–H groups in total. The first-order valence-electron chi connectivity index (χ1n) is 9.26. The Morgan fingerprint density at radius 2 is 2.12 bits per heavy atom. The van der Waals surface area contributed by atoms with Crippen LogP contribution in [0.3, 0.4) is 0 Å². The molecule has 3 rings (SSSR count). The van der Waals surface area contributed by atoms with Gasteiger partial charge in [0.05, 0.1) is 18.1 Å². The molecule has 24 heavy (non-hydrogen) atoms. The smallest absolute Gasteiger partial charge is 0.0828 e. The van der Waals surface area contributed by atoms with Crippen molar-refractivity contribution >= 4 is 0 Å². The third-order valence-electron chi connectivity index (χ3n) is 4.91. The lowest BCUT2D eigenvalue weighted by Crippen LogP contribution is -2.42. The molecule has 0 amide bonds. The molecular weight excluding hydrogens is 298 g/mol. The van der Waals surface area contributed by atoms with E-state index in [1.807, 2.05) is 6.92 Å². The summed E-state index contributed by atoms with van der Waals surface area (Å²) in [5, 5.41) is 9.13. The van der Waals surface area contributed by atoms with Crippen LogP contribution in [0, 0.1) is 17.2 Å². The fraction of sp³-hybridized carbons (Fsp3) is 0.650. The molecule has 1 aromatic rings. The van der Waals surface area contributed by atoms with Gasteiger partial charge in [0.15, 0.2) is 0 Å². The molecule has 2 atom stereocenters. The highest BCUT2D eigenvalue weighted by Gasteiger charge is 2.32. The van der Waals surface area contributed by atoms with Crippen LogP contribution in [0.25, 0.3) is 0 Å². The van der Waals surface area contributed by atoms with Gasteiger partial charge in [0.2, 0.25) is 0 Å². The van der Waals surface area contributed by atoms with E-state index in [2.05, 4.69) is 46.2 Å². The molecule has 1 heterocycles. The van der Waals surface area contributed by atoms with Crippen LogP contribution in [0.15, 0.2) is 30.3 Å². The zero-order valence-corrected chi connectivity index (χ0v) is 14.7. The fourth-order valence-corrected chi connectivity index (χ4v) is 3.53. The molecule has 1 aliphatic heterocycles. The maximum atomic E-state index is 9.13. The van der Waals surface area contributed by atoms with Crippen molar-refractivity contribution in [3.8, 4) is 6.07 Å². The lowest BCUT2D eigenvalue weighted by Gasteiger charge is -2.30. The van der Waals surface area contributed by atoms with Gasteiger partial charge in [-0.3, -0.25) is 9.80 Å². The maximum absolute atomic E-state index is 9.13. The molecular formula is C20H29N3O. The van der Waals surface area contributed by atoms with Crippen molar-refractivity contribution in [2.24, 2.45) is 5.92 Å². The summed E-state index contributed by atoms with van der Waals surface area (Å²) in [4.78, 5) is 5.01. The SMILES string of the molecule is CC(C#N)CN(CC1CN(Cc2ccccc2)CCCO1)C1CC1. The van der Waals surface area contributed by atoms with Crippen LogP contribution in [0.2, 0.25) is 0 Å². The van der Waals surface area contributed by atoms with E-state index in [1.165, 1.54) is 18.4 Å². The number of nitrogens with zero attached hydrogens (tertiary/aromatic N) is 3. The van der Waals surface area contributed by atoms with E-state index in [0.29, 0.717) is 6.04 Å². The largest absolute Gasteiger partial charge is 0.376 e. The molecule has 0 radical (unpaired) electrons. The molecule has 2 fully saturated rings. The summed E-state index contributed by atoms with van der Waals surface area (Å²) in [6.45, 7) is 7.79. The zero-order chi connectivity index (χ0) is 16.8. The highest BCUT2D eigenvalue weighted by atomic mass is 16.5. The Bertz CT molecular complexity index is 538. The van der Waals surface area contributed by atoms with Gasteiger partial charge in [0.1, 0.15) is 0 Å². The van der Waals surface area contributed by atoms with Crippen LogP contribution in [0.1, 0.15) is 31.7 Å². The van der Waals surface area contributed by atoms with Gasteiger partial charge in [-0.25, -0.2) is 0 Å². The predicted molar refractivity (Wildman–Crippen MR) is 95.4 cm³/mol. The average molecular weight is 327 g/mol. The molecule has 0 bridgehead atoms. The Hall–Kier alpha value is -1.41. The summed E-state index contributed by atoms with van der Waals surface area (Å²) in [5.74, 6) is 0.0943. The van der Waals surface area contributed by atoms with E-state index >= 15 is 0 Å². The average Bonchev–Trinajstić information content (AvgIpc) is 3.43. The van der Waals surface area contributed by atoms with Crippen LogP contribution in [0.4, 0.5) is 0 Å². The second-order valence-corrected chi connectivity index (χ2v) is 7.28. The van der Waals surface area contributed by atoms with Gasteiger partial charge in [-0.15, -0.1) is 0 Å². The highest BCUT2D eigenvalue weighted by molar-refractivity contribution is 5.14. The minimum Gasteiger partial charge on any atom is -0.376 e. The molecule has 0 aromatic heterocycles. The Balaban J connectivity index is 1.56. The molecule has 4 heteroatoms. The van der Waals surface area contributed by atoms with Gasteiger partial charge in [-0.05, 0) is 31.7 Å². The number of benzene rings is 1. The van der Waals surface area contributed by atoms with Gasteiger partial charge in [-0.2, -0.15) is 5.26 Å². The Morgan fingerprint density at radius 3 is 2.83 bits per heavy atom. The summed E-state index contributed by atoms with van der Waals surface area (Å²) < 4.78 is 6.13. The summed E-state index contributed by atoms with van der Waals surface area (Å²) in [7, 11) is 0. The van der Waals surface area contributed by atoms with Gasteiger partial charge in [0.25, 0.3) is 0 Å². The quantitative estimate of drug-likeness (QED) is 0.772. The van der Waals surface area contributed by atoms with Crippen LogP contribution >= 0.6 is 0 Å². The number of ether oxygens (including phenoxy) is 1. The number of rotatable bonds is 7. The highest BCUT2D eigenvalue weighted by Crippen LogP contribution is 2.28. The van der Waals surface area contributed by atoms with Crippen LogP contribution in [0.5, 0.6) is 0 Å². The topological polar surface area (TPSA) is 39.5 Å². The van der Waals surface area contributed by atoms with E-state index in [0.717, 1.165) is 45.8 Å². The van der Waals surface area contributed by atoms with Gasteiger partial charge >= 0.3 is 0 Å². The van der Waals surface area contributed by atoms with Crippen molar-refractivity contribution in [1.82, 2.24) is 9.80 Å².